The van der Waals surface area contributed by atoms with Crippen molar-refractivity contribution in [2.75, 3.05) is 44.7 Å². The van der Waals surface area contributed by atoms with Crippen LogP contribution < -0.4 is 9.64 Å². The smallest absolute Gasteiger partial charge is 0.311 e. The number of para-hydroxylation sites is 2. The normalized spacial score (nSPS) is 37.4. The first-order valence-electron chi connectivity index (χ1n) is 12.1. The van der Waals surface area contributed by atoms with Gasteiger partial charge in [-0.25, -0.2) is 0 Å². The van der Waals surface area contributed by atoms with Gasteiger partial charge in [0.05, 0.1) is 24.8 Å². The van der Waals surface area contributed by atoms with Crippen molar-refractivity contribution in [2.24, 2.45) is 23.2 Å². The summed E-state index contributed by atoms with van der Waals surface area (Å²) in [5, 5.41) is 11.6. The van der Waals surface area contributed by atoms with Crippen LogP contribution in [0.3, 0.4) is 0 Å². The average molecular weight is 441 g/mol. The second kappa shape index (κ2) is 8.38. The standard InChI is InChI=1S/C26H36N2O4/c1-17-7-6-8-18-15-22-23(24(29)26(17,18)2)19(25(30)32-22)16-27-11-13-28(14-12-27)20-9-4-5-10-21(20)31-3/h4-5,8-10,17,19,22-24,29H,6-7,11-16H2,1-3H3/t17-,19+,22+,23-,24-,26+/m0/s1. The number of rotatable bonds is 4. The maximum Gasteiger partial charge on any atom is 0.311 e. The van der Waals surface area contributed by atoms with E-state index >= 15 is 0 Å². The second-order valence-electron chi connectivity index (χ2n) is 10.3. The predicted molar refractivity (Wildman–Crippen MR) is 124 cm³/mol. The Morgan fingerprint density at radius 3 is 2.72 bits per heavy atom. The molecule has 1 N–H and O–H groups in total. The summed E-state index contributed by atoms with van der Waals surface area (Å²) in [4.78, 5) is 17.6. The van der Waals surface area contributed by atoms with E-state index in [1.165, 1.54) is 5.57 Å². The monoisotopic (exact) mass is 440 g/mol. The van der Waals surface area contributed by atoms with Crippen LogP contribution in [0.4, 0.5) is 5.69 Å². The number of anilines is 1. The molecule has 0 bridgehead atoms. The minimum atomic E-state index is -0.533. The zero-order valence-corrected chi connectivity index (χ0v) is 19.5. The number of nitrogens with zero attached hydrogens (tertiary/aromatic N) is 2. The van der Waals surface area contributed by atoms with Crippen molar-refractivity contribution in [3.63, 3.8) is 0 Å². The van der Waals surface area contributed by atoms with Gasteiger partial charge in [-0.3, -0.25) is 9.69 Å². The molecule has 32 heavy (non-hydrogen) atoms. The van der Waals surface area contributed by atoms with Crippen LogP contribution in [-0.4, -0.2) is 68.0 Å². The summed E-state index contributed by atoms with van der Waals surface area (Å²) in [5.74, 6) is 0.825. The highest BCUT2D eigenvalue weighted by molar-refractivity contribution is 5.76. The summed E-state index contributed by atoms with van der Waals surface area (Å²) in [7, 11) is 1.71. The molecule has 0 aromatic heterocycles. The third-order valence-corrected chi connectivity index (χ3v) is 8.82. The van der Waals surface area contributed by atoms with Crippen LogP contribution in [-0.2, 0) is 9.53 Å². The summed E-state index contributed by atoms with van der Waals surface area (Å²) in [6.45, 7) is 8.67. The maximum atomic E-state index is 12.9. The van der Waals surface area contributed by atoms with E-state index in [1.807, 2.05) is 18.2 Å². The van der Waals surface area contributed by atoms with Crippen molar-refractivity contribution in [1.29, 1.82) is 0 Å². The van der Waals surface area contributed by atoms with E-state index in [-0.39, 0.29) is 29.3 Å². The van der Waals surface area contributed by atoms with Crippen molar-refractivity contribution in [3.8, 4) is 5.75 Å². The Balaban J connectivity index is 1.28. The summed E-state index contributed by atoms with van der Waals surface area (Å²) < 4.78 is 11.4. The van der Waals surface area contributed by atoms with E-state index in [0.717, 1.165) is 56.9 Å². The lowest BCUT2D eigenvalue weighted by Gasteiger charge is -2.52. The number of fused-ring (bicyclic) bond motifs is 2. The largest absolute Gasteiger partial charge is 0.495 e. The van der Waals surface area contributed by atoms with E-state index in [2.05, 4.69) is 35.8 Å². The summed E-state index contributed by atoms with van der Waals surface area (Å²) >= 11 is 0. The van der Waals surface area contributed by atoms with Gasteiger partial charge in [0.15, 0.2) is 0 Å². The lowest BCUT2D eigenvalue weighted by molar-refractivity contribution is -0.145. The first kappa shape index (κ1) is 21.8. The number of hydrogen-bond acceptors (Lipinski definition) is 6. The lowest BCUT2D eigenvalue weighted by atomic mass is 9.55. The van der Waals surface area contributed by atoms with Crippen molar-refractivity contribution in [1.82, 2.24) is 4.90 Å². The van der Waals surface area contributed by atoms with Crippen LogP contribution in [0, 0.1) is 23.2 Å². The molecular formula is C26H36N2O4. The molecule has 3 fully saturated rings. The molecule has 0 amide bonds. The Bertz CT molecular complexity index is 894. The van der Waals surface area contributed by atoms with Crippen LogP contribution in [0.1, 0.15) is 33.1 Å². The second-order valence-corrected chi connectivity index (χ2v) is 10.3. The number of aliphatic hydroxyl groups excluding tert-OH is 1. The fourth-order valence-electron chi connectivity index (χ4n) is 6.61. The third-order valence-electron chi connectivity index (χ3n) is 8.82. The molecule has 2 aliphatic carbocycles. The number of carbonyl (C=O) groups excluding carboxylic acids is 1. The molecule has 6 heteroatoms. The molecule has 2 saturated heterocycles. The maximum absolute atomic E-state index is 12.9. The number of esters is 1. The number of piperazine rings is 1. The topological polar surface area (TPSA) is 62.2 Å². The molecular weight excluding hydrogens is 404 g/mol. The predicted octanol–water partition coefficient (Wildman–Crippen LogP) is 3.10. The number of ether oxygens (including phenoxy) is 2. The summed E-state index contributed by atoms with van der Waals surface area (Å²) in [5.41, 5.74) is 2.17. The fraction of sp³-hybridized carbons (Fsp3) is 0.654. The van der Waals surface area contributed by atoms with E-state index < -0.39 is 6.10 Å². The molecule has 2 heterocycles. The zero-order chi connectivity index (χ0) is 22.5. The van der Waals surface area contributed by atoms with Crippen molar-refractivity contribution >= 4 is 11.7 Å². The Kier molecular flexibility index (Phi) is 5.70. The summed E-state index contributed by atoms with van der Waals surface area (Å²) in [6.07, 6.45) is 4.52. The highest BCUT2D eigenvalue weighted by Gasteiger charge is 2.59. The lowest BCUT2D eigenvalue weighted by Crippen LogP contribution is -2.55. The number of allylic oxidation sites excluding steroid dienone is 1. The number of carbonyl (C=O) groups is 1. The Morgan fingerprint density at radius 2 is 1.97 bits per heavy atom. The number of aliphatic hydroxyl groups is 1. The van der Waals surface area contributed by atoms with Gasteiger partial charge in [-0.05, 0) is 30.9 Å². The average Bonchev–Trinajstić information content (AvgIpc) is 3.11. The highest BCUT2D eigenvalue weighted by atomic mass is 16.6. The fourth-order valence-corrected chi connectivity index (χ4v) is 6.61. The molecule has 4 aliphatic rings. The van der Waals surface area contributed by atoms with Crippen molar-refractivity contribution < 1.29 is 19.4 Å². The molecule has 2 aliphatic heterocycles. The SMILES string of the molecule is COc1ccccc1N1CCN(C[C@H]2C(=O)O[C@@H]3CC4=CCC[C@H](C)[C@@]4(C)[C@@H](O)[C@H]32)CC1. The quantitative estimate of drug-likeness (QED) is 0.574. The van der Waals surface area contributed by atoms with E-state index in [4.69, 9.17) is 9.47 Å². The van der Waals surface area contributed by atoms with Gasteiger partial charge in [-0.15, -0.1) is 0 Å². The van der Waals surface area contributed by atoms with Crippen LogP contribution >= 0.6 is 0 Å². The van der Waals surface area contributed by atoms with Gasteiger partial charge in [-0.1, -0.05) is 37.6 Å². The molecule has 0 unspecified atom stereocenters. The molecule has 0 spiro atoms. The van der Waals surface area contributed by atoms with E-state index in [1.54, 1.807) is 7.11 Å². The Labute approximate surface area is 191 Å². The van der Waals surface area contributed by atoms with E-state index in [0.29, 0.717) is 12.5 Å². The highest BCUT2D eigenvalue weighted by Crippen LogP contribution is 2.56. The molecule has 174 valence electrons. The van der Waals surface area contributed by atoms with Gasteiger partial charge in [0, 0.05) is 50.5 Å². The number of hydrogen-bond donors (Lipinski definition) is 1. The van der Waals surface area contributed by atoms with Gasteiger partial charge in [0.2, 0.25) is 0 Å². The van der Waals surface area contributed by atoms with E-state index in [9.17, 15) is 9.90 Å². The molecule has 5 rings (SSSR count). The number of methoxy groups -OCH3 is 1. The first-order chi connectivity index (χ1) is 15.4. The molecule has 1 aromatic rings. The first-order valence-corrected chi connectivity index (χ1v) is 12.1. The van der Waals surface area contributed by atoms with Gasteiger partial charge in [-0.2, -0.15) is 0 Å². The van der Waals surface area contributed by atoms with Crippen LogP contribution in [0.5, 0.6) is 5.75 Å². The van der Waals surface area contributed by atoms with Crippen LogP contribution in [0.2, 0.25) is 0 Å². The molecule has 6 atom stereocenters. The van der Waals surface area contributed by atoms with Crippen LogP contribution in [0.25, 0.3) is 0 Å². The molecule has 0 radical (unpaired) electrons. The van der Waals surface area contributed by atoms with Gasteiger partial charge < -0.3 is 19.5 Å². The summed E-state index contributed by atoms with van der Waals surface area (Å²) in [6, 6.07) is 8.13. The Morgan fingerprint density at radius 1 is 1.22 bits per heavy atom. The van der Waals surface area contributed by atoms with Gasteiger partial charge in [0.25, 0.3) is 0 Å². The third kappa shape index (κ3) is 3.43. The van der Waals surface area contributed by atoms with Crippen molar-refractivity contribution in [2.45, 2.75) is 45.3 Å². The van der Waals surface area contributed by atoms with Gasteiger partial charge in [0.1, 0.15) is 11.9 Å². The number of benzene rings is 1. The zero-order valence-electron chi connectivity index (χ0n) is 19.5. The molecule has 1 aromatic carbocycles. The van der Waals surface area contributed by atoms with Gasteiger partial charge >= 0.3 is 5.97 Å². The van der Waals surface area contributed by atoms with Crippen LogP contribution in [0.15, 0.2) is 35.9 Å². The Hall–Kier alpha value is -2.05. The van der Waals surface area contributed by atoms with Crippen molar-refractivity contribution in [3.05, 3.63) is 35.9 Å². The molecule has 1 saturated carbocycles. The minimum Gasteiger partial charge on any atom is -0.495 e. The molecule has 6 nitrogen and oxygen atoms in total. The minimum absolute atomic E-state index is 0.113.